The fourth-order valence-corrected chi connectivity index (χ4v) is 9.08. The summed E-state index contributed by atoms with van der Waals surface area (Å²) in [6.07, 6.45) is 17.8. The highest BCUT2D eigenvalue weighted by Crippen LogP contribution is 2.09. The Bertz CT molecular complexity index is 1850. The number of nitrogens with zero attached hydrogens (tertiary/aromatic N) is 5. The van der Waals surface area contributed by atoms with Crippen LogP contribution in [0, 0.1) is 0 Å². The Kier molecular flexibility index (Phi) is 51.5. The summed E-state index contributed by atoms with van der Waals surface area (Å²) in [5, 5.41) is 17.0. The molecule has 0 spiro atoms. The predicted octanol–water partition coefficient (Wildman–Crippen LogP) is -0.114. The van der Waals surface area contributed by atoms with Gasteiger partial charge in [0.2, 0.25) is 59.1 Å². The van der Waals surface area contributed by atoms with Gasteiger partial charge >= 0.3 is 0 Å². The van der Waals surface area contributed by atoms with Crippen molar-refractivity contribution in [2.75, 3.05) is 144 Å². The Morgan fingerprint density at radius 2 is 0.482 bits per heavy atom. The summed E-state index contributed by atoms with van der Waals surface area (Å²) in [4.78, 5) is 140. The van der Waals surface area contributed by atoms with Crippen LogP contribution in [0.3, 0.4) is 0 Å². The average Bonchev–Trinajstić information content (AvgIpc) is 3.54. The largest absolute Gasteiger partial charge is 0.355 e. The van der Waals surface area contributed by atoms with E-state index in [-0.39, 0.29) is 146 Å². The number of amides is 10. The number of rotatable bonds is 57. The molecule has 0 aromatic carbocycles. The molecule has 0 aromatic rings. The van der Waals surface area contributed by atoms with Gasteiger partial charge < -0.3 is 85.1 Å². The van der Waals surface area contributed by atoms with Crippen LogP contribution in [-0.4, -0.2) is 228 Å². The van der Waals surface area contributed by atoms with Gasteiger partial charge in [-0.15, -0.1) is 0 Å². The van der Waals surface area contributed by atoms with Crippen molar-refractivity contribution in [3.05, 3.63) is 0 Å². The summed E-state index contributed by atoms with van der Waals surface area (Å²) in [5.41, 5.74) is 28.2. The molecule has 85 heavy (non-hydrogen) atoms. The molecule has 0 aliphatic rings. The predicted molar refractivity (Wildman–Crippen MR) is 333 cm³/mol. The summed E-state index contributed by atoms with van der Waals surface area (Å²) in [6.45, 7) is 4.64. The Hall–Kier alpha value is -5.54. The SMILES string of the molecule is CCCCCCCCNC(=O)CN(CCNC(=O)CN(CCNC(=O)CN(CCNC(=O)CN(CCNC(=O)CN(CCNC)C(=O)CCCCCN)C(=O)CCCCCN)C(=O)CCCCCN)C(=O)CCCCCN)C(=O)CCCCCN. The van der Waals surface area contributed by atoms with Crippen molar-refractivity contribution in [3.63, 3.8) is 0 Å². The Labute approximate surface area is 508 Å². The highest BCUT2D eigenvalue weighted by molar-refractivity contribution is 5.88. The molecule has 0 fully saturated rings. The van der Waals surface area contributed by atoms with Crippen LogP contribution in [0.1, 0.15) is 174 Å². The van der Waals surface area contributed by atoms with Gasteiger partial charge in [-0.2, -0.15) is 0 Å². The van der Waals surface area contributed by atoms with Crippen molar-refractivity contribution < 1.29 is 47.9 Å². The van der Waals surface area contributed by atoms with E-state index in [1.54, 1.807) is 7.05 Å². The summed E-state index contributed by atoms with van der Waals surface area (Å²) >= 11 is 0. The van der Waals surface area contributed by atoms with Crippen LogP contribution in [0.2, 0.25) is 0 Å². The van der Waals surface area contributed by atoms with Crippen LogP contribution < -0.4 is 60.6 Å². The Morgan fingerprint density at radius 3 is 0.718 bits per heavy atom. The zero-order chi connectivity index (χ0) is 63.1. The van der Waals surface area contributed by atoms with E-state index in [9.17, 15) is 47.9 Å². The second-order valence-electron chi connectivity index (χ2n) is 21.7. The summed E-state index contributed by atoms with van der Waals surface area (Å²) in [6, 6.07) is 0. The molecule has 0 aliphatic heterocycles. The first-order valence-electron chi connectivity index (χ1n) is 32.0. The molecule has 26 nitrogen and oxygen atoms in total. The van der Waals surface area contributed by atoms with Gasteiger partial charge in [-0.25, -0.2) is 0 Å². The molecule has 26 heteroatoms. The van der Waals surface area contributed by atoms with E-state index in [2.05, 4.69) is 38.8 Å². The molecule has 10 amide bonds. The highest BCUT2D eigenvalue weighted by atomic mass is 16.2. The molecule has 0 radical (unpaired) electrons. The molecule has 0 atom stereocenters. The molecule has 0 heterocycles. The van der Waals surface area contributed by atoms with Gasteiger partial charge in [-0.1, -0.05) is 71.1 Å². The van der Waals surface area contributed by atoms with E-state index in [0.29, 0.717) is 110 Å². The third kappa shape index (κ3) is 44.6. The normalized spacial score (nSPS) is 10.9. The van der Waals surface area contributed by atoms with Crippen molar-refractivity contribution >= 4 is 59.1 Å². The molecule has 0 aliphatic carbocycles. The maximum Gasteiger partial charge on any atom is 0.239 e. The molecule has 0 aromatic heterocycles. The number of carbonyl (C=O) groups excluding carboxylic acids is 10. The lowest BCUT2D eigenvalue weighted by molar-refractivity contribution is -0.137. The first-order chi connectivity index (χ1) is 41.1. The zero-order valence-electron chi connectivity index (χ0n) is 52.4. The Balaban J connectivity index is 5.89. The molecule has 0 saturated carbocycles. The first-order valence-corrected chi connectivity index (χ1v) is 32.0. The van der Waals surface area contributed by atoms with Crippen LogP contribution in [0.5, 0.6) is 0 Å². The number of nitrogens with two attached hydrogens (primary N) is 5. The van der Waals surface area contributed by atoms with Gasteiger partial charge in [-0.3, -0.25) is 47.9 Å². The van der Waals surface area contributed by atoms with Gasteiger partial charge in [-0.05, 0) is 110 Å². The van der Waals surface area contributed by atoms with Gasteiger partial charge in [0.15, 0.2) is 0 Å². The van der Waals surface area contributed by atoms with Crippen molar-refractivity contribution in [2.24, 2.45) is 28.7 Å². The van der Waals surface area contributed by atoms with Crippen molar-refractivity contribution in [3.8, 4) is 0 Å². The molecule has 0 bridgehead atoms. The summed E-state index contributed by atoms with van der Waals surface area (Å²) in [5.74, 6) is -3.49. The van der Waals surface area contributed by atoms with Crippen molar-refractivity contribution in [1.82, 2.24) is 56.4 Å². The van der Waals surface area contributed by atoms with Crippen molar-refractivity contribution in [1.29, 1.82) is 0 Å². The van der Waals surface area contributed by atoms with Gasteiger partial charge in [0.1, 0.15) is 0 Å². The van der Waals surface area contributed by atoms with E-state index in [0.717, 1.165) is 77.0 Å². The van der Waals surface area contributed by atoms with Gasteiger partial charge in [0, 0.05) is 104 Å². The number of hydrogen-bond donors (Lipinski definition) is 11. The number of nitrogens with one attached hydrogen (secondary N) is 6. The molecular formula is C59H116N16O10. The topological polar surface area (TPSA) is 389 Å². The minimum Gasteiger partial charge on any atom is -0.355 e. The molecule has 0 unspecified atom stereocenters. The second-order valence-corrected chi connectivity index (χ2v) is 21.7. The number of unbranched alkanes of at least 4 members (excludes halogenated alkanes) is 15. The number of likely N-dealkylation sites (N-methyl/N-ethyl adjacent to an activating group) is 1. The fourth-order valence-electron chi connectivity index (χ4n) is 9.08. The minimum atomic E-state index is -0.532. The highest BCUT2D eigenvalue weighted by Gasteiger charge is 2.24. The summed E-state index contributed by atoms with van der Waals surface area (Å²) < 4.78 is 0. The number of hydrogen-bond acceptors (Lipinski definition) is 16. The maximum atomic E-state index is 13.6. The quantitative estimate of drug-likeness (QED) is 0.0354. The van der Waals surface area contributed by atoms with Crippen molar-refractivity contribution in [2.45, 2.75) is 174 Å². The van der Waals surface area contributed by atoms with Crippen LogP contribution >= 0.6 is 0 Å². The molecule has 492 valence electrons. The monoisotopic (exact) mass is 1210 g/mol. The van der Waals surface area contributed by atoms with Crippen LogP contribution in [0.25, 0.3) is 0 Å². The van der Waals surface area contributed by atoms with E-state index >= 15 is 0 Å². The lowest BCUT2D eigenvalue weighted by atomic mass is 10.1. The zero-order valence-corrected chi connectivity index (χ0v) is 52.4. The minimum absolute atomic E-state index is 0.0200. The van der Waals surface area contributed by atoms with E-state index in [1.807, 2.05) is 0 Å². The van der Waals surface area contributed by atoms with E-state index < -0.39 is 23.6 Å². The standard InChI is InChI=1S/C59H116N16O10/c1-3-4-5-6-7-23-34-66-50(76)45-72(56(82)25-14-9-19-30-61)41-36-68-52(78)47-74(58(84)27-16-11-21-32-63)43-38-70-54(80)49-75(59(85)28-17-12-22-33-64)44-39-69-53(79)48-73(57(83)26-15-10-20-31-62)42-37-67-51(77)46-71(40-35-65-2)55(81)24-13-8-18-29-60/h65H,3-49,60-64H2,1-2H3,(H,66,76)(H,67,77)(H,68,78)(H,69,79)(H,70,80). The number of carbonyl (C=O) groups is 10. The third-order valence-electron chi connectivity index (χ3n) is 14.2. The smallest absolute Gasteiger partial charge is 0.239 e. The summed E-state index contributed by atoms with van der Waals surface area (Å²) in [7, 11) is 1.76. The molecule has 0 rings (SSSR count). The van der Waals surface area contributed by atoms with Crippen LogP contribution in [0.4, 0.5) is 0 Å². The van der Waals surface area contributed by atoms with Crippen LogP contribution in [-0.2, 0) is 47.9 Å². The average molecular weight is 1210 g/mol. The second kappa shape index (κ2) is 55.1. The molecule has 0 saturated heterocycles. The third-order valence-corrected chi connectivity index (χ3v) is 14.2. The first kappa shape index (κ1) is 79.5. The van der Waals surface area contributed by atoms with Gasteiger partial charge in [0.25, 0.3) is 0 Å². The lowest BCUT2D eigenvalue weighted by Crippen LogP contribution is -2.49. The lowest BCUT2D eigenvalue weighted by Gasteiger charge is -2.26. The van der Waals surface area contributed by atoms with E-state index in [1.165, 1.54) is 30.9 Å². The fraction of sp³-hybridized carbons (Fsp3) is 0.831. The molecule has 16 N–H and O–H groups in total. The van der Waals surface area contributed by atoms with Gasteiger partial charge in [0.05, 0.1) is 32.7 Å². The molecular weight excluding hydrogens is 1090 g/mol. The maximum absolute atomic E-state index is 13.6. The Morgan fingerprint density at radius 1 is 0.271 bits per heavy atom. The van der Waals surface area contributed by atoms with Crippen LogP contribution in [0.15, 0.2) is 0 Å². The van der Waals surface area contributed by atoms with E-state index in [4.69, 9.17) is 28.7 Å².